The van der Waals surface area contributed by atoms with E-state index in [-0.39, 0.29) is 16.9 Å². The van der Waals surface area contributed by atoms with Gasteiger partial charge in [-0.3, -0.25) is 24.8 Å². The molecule has 7 heteroatoms. The summed E-state index contributed by atoms with van der Waals surface area (Å²) in [6, 6.07) is 8.21. The molecule has 0 bridgehead atoms. The van der Waals surface area contributed by atoms with E-state index in [2.05, 4.69) is 20.5 Å². The van der Waals surface area contributed by atoms with Gasteiger partial charge in [-0.15, -0.1) is 0 Å². The van der Waals surface area contributed by atoms with Crippen LogP contribution in [0, 0.1) is 0 Å². The summed E-state index contributed by atoms with van der Waals surface area (Å²) >= 11 is 0. The van der Waals surface area contributed by atoms with Gasteiger partial charge in [0.25, 0.3) is 11.1 Å². The van der Waals surface area contributed by atoms with Crippen molar-refractivity contribution in [1.82, 2.24) is 15.2 Å². The molecule has 3 rings (SSSR count). The number of benzene rings is 1. The van der Waals surface area contributed by atoms with E-state index >= 15 is 0 Å². The number of fused-ring (bicyclic) bond motifs is 1. The van der Waals surface area contributed by atoms with Crippen LogP contribution in [0.25, 0.3) is 10.8 Å². The average molecular weight is 284 g/mol. The van der Waals surface area contributed by atoms with Gasteiger partial charge in [-0.25, -0.2) is 0 Å². The van der Waals surface area contributed by atoms with Crippen LogP contribution in [0.15, 0.2) is 46.1 Å². The Balaban J connectivity index is 1.98. The van der Waals surface area contributed by atoms with Crippen molar-refractivity contribution in [1.29, 1.82) is 0 Å². The van der Waals surface area contributed by atoms with Gasteiger partial charge in [0.1, 0.15) is 5.75 Å². The molecule has 0 spiro atoms. The van der Waals surface area contributed by atoms with Crippen molar-refractivity contribution < 1.29 is 5.11 Å². The smallest absolute Gasteiger partial charge is 0.272 e. The quantitative estimate of drug-likeness (QED) is 0.572. The molecule has 0 aliphatic heterocycles. The summed E-state index contributed by atoms with van der Waals surface area (Å²) in [5.41, 5.74) is 0.531. The molecule has 0 saturated heterocycles. The molecule has 0 amide bonds. The standard InChI is InChI=1S/C14H12N4O3/c19-9-5-4-8(15-7-9)6-16-11-3-1-2-10-12(11)14(21)18-17-13(10)20/h1-5,7,16,19H,6H2,(H,17,20)(H,18,21). The molecule has 3 aromatic rings. The average Bonchev–Trinajstić information content (AvgIpc) is 2.50. The summed E-state index contributed by atoms with van der Waals surface area (Å²) in [4.78, 5) is 27.6. The first-order chi connectivity index (χ1) is 10.1. The van der Waals surface area contributed by atoms with Gasteiger partial charge in [0, 0.05) is 5.69 Å². The maximum Gasteiger partial charge on any atom is 0.272 e. The zero-order valence-electron chi connectivity index (χ0n) is 10.9. The SMILES string of the molecule is O=c1[nH][nH]c(=O)c2c(NCc3ccc(O)cn3)cccc12. The summed E-state index contributed by atoms with van der Waals surface area (Å²) in [5, 5.41) is 17.5. The number of nitrogens with zero attached hydrogens (tertiary/aromatic N) is 1. The van der Waals surface area contributed by atoms with Crippen molar-refractivity contribution in [3.05, 3.63) is 62.9 Å². The highest BCUT2D eigenvalue weighted by atomic mass is 16.3. The van der Waals surface area contributed by atoms with Gasteiger partial charge >= 0.3 is 0 Å². The Labute approximate surface area is 118 Å². The van der Waals surface area contributed by atoms with Crippen LogP contribution >= 0.6 is 0 Å². The van der Waals surface area contributed by atoms with Crippen LogP contribution in [-0.4, -0.2) is 20.3 Å². The van der Waals surface area contributed by atoms with Crippen molar-refractivity contribution in [2.75, 3.05) is 5.32 Å². The Morgan fingerprint density at radius 2 is 1.90 bits per heavy atom. The molecule has 0 radical (unpaired) electrons. The lowest BCUT2D eigenvalue weighted by atomic mass is 10.1. The van der Waals surface area contributed by atoms with Gasteiger partial charge in [-0.05, 0) is 24.3 Å². The van der Waals surface area contributed by atoms with Crippen molar-refractivity contribution in [2.24, 2.45) is 0 Å². The van der Waals surface area contributed by atoms with Gasteiger partial charge in [-0.2, -0.15) is 0 Å². The Hall–Kier alpha value is -3.09. The molecule has 0 fully saturated rings. The maximum absolute atomic E-state index is 11.9. The second-order valence-electron chi connectivity index (χ2n) is 4.50. The second kappa shape index (κ2) is 5.12. The first-order valence-corrected chi connectivity index (χ1v) is 6.26. The summed E-state index contributed by atoms with van der Waals surface area (Å²) < 4.78 is 0. The first-order valence-electron chi connectivity index (χ1n) is 6.26. The zero-order valence-corrected chi connectivity index (χ0v) is 10.9. The first kappa shape index (κ1) is 12.9. The molecule has 0 aliphatic carbocycles. The number of anilines is 1. The largest absolute Gasteiger partial charge is 0.506 e. The minimum absolute atomic E-state index is 0.0897. The molecule has 21 heavy (non-hydrogen) atoms. The molecule has 2 heterocycles. The number of pyridine rings is 1. The molecule has 4 N–H and O–H groups in total. The van der Waals surface area contributed by atoms with Gasteiger partial charge in [-0.1, -0.05) is 6.07 Å². The highest BCUT2D eigenvalue weighted by molar-refractivity contribution is 5.92. The molecule has 2 aromatic heterocycles. The molecule has 0 saturated carbocycles. The molecule has 0 atom stereocenters. The number of aromatic hydroxyl groups is 1. The number of rotatable bonds is 3. The normalized spacial score (nSPS) is 10.7. The van der Waals surface area contributed by atoms with Gasteiger partial charge < -0.3 is 10.4 Å². The van der Waals surface area contributed by atoms with Gasteiger partial charge in [0.05, 0.1) is 29.2 Å². The van der Waals surface area contributed by atoms with Gasteiger partial charge in [0.15, 0.2) is 0 Å². The van der Waals surface area contributed by atoms with E-state index in [0.717, 1.165) is 0 Å². The van der Waals surface area contributed by atoms with Crippen molar-refractivity contribution in [2.45, 2.75) is 6.54 Å². The number of aromatic amines is 2. The van der Waals surface area contributed by atoms with Crippen molar-refractivity contribution in [3.8, 4) is 5.75 Å². The summed E-state index contributed by atoms with van der Waals surface area (Å²) in [6.07, 6.45) is 1.34. The Bertz CT molecular complexity index is 896. The Morgan fingerprint density at radius 3 is 2.67 bits per heavy atom. The number of nitrogens with one attached hydrogen (secondary N) is 3. The van der Waals surface area contributed by atoms with Crippen LogP contribution in [0.3, 0.4) is 0 Å². The van der Waals surface area contributed by atoms with Crippen molar-refractivity contribution >= 4 is 16.5 Å². The Morgan fingerprint density at radius 1 is 1.10 bits per heavy atom. The van der Waals surface area contributed by atoms with Crippen LogP contribution in [0.2, 0.25) is 0 Å². The lowest BCUT2D eigenvalue weighted by Crippen LogP contribution is -2.20. The molecule has 0 aliphatic rings. The van der Waals surface area contributed by atoms with Crippen LogP contribution in [0.5, 0.6) is 5.75 Å². The number of hydrogen-bond acceptors (Lipinski definition) is 5. The fourth-order valence-corrected chi connectivity index (χ4v) is 2.08. The summed E-state index contributed by atoms with van der Waals surface area (Å²) in [7, 11) is 0. The predicted molar refractivity (Wildman–Crippen MR) is 78.4 cm³/mol. The number of aromatic nitrogens is 3. The minimum Gasteiger partial charge on any atom is -0.506 e. The van der Waals surface area contributed by atoms with E-state index in [0.29, 0.717) is 28.7 Å². The maximum atomic E-state index is 11.9. The summed E-state index contributed by atoms with van der Waals surface area (Å²) in [5.74, 6) is 0.0897. The van der Waals surface area contributed by atoms with Crippen LogP contribution in [0.4, 0.5) is 5.69 Å². The topological polar surface area (TPSA) is 111 Å². The highest BCUT2D eigenvalue weighted by Gasteiger charge is 2.08. The number of H-pyrrole nitrogens is 2. The molecule has 1 aromatic carbocycles. The molecular weight excluding hydrogens is 272 g/mol. The zero-order chi connectivity index (χ0) is 14.8. The van der Waals surface area contributed by atoms with Crippen molar-refractivity contribution in [3.63, 3.8) is 0 Å². The van der Waals surface area contributed by atoms with Crippen LogP contribution < -0.4 is 16.4 Å². The second-order valence-corrected chi connectivity index (χ2v) is 4.50. The fourth-order valence-electron chi connectivity index (χ4n) is 2.08. The van der Waals surface area contributed by atoms with E-state index in [9.17, 15) is 14.7 Å². The Kier molecular flexibility index (Phi) is 3.15. The molecule has 7 nitrogen and oxygen atoms in total. The summed E-state index contributed by atoms with van der Waals surface area (Å²) in [6.45, 7) is 0.367. The van der Waals surface area contributed by atoms with E-state index in [4.69, 9.17) is 0 Å². The third-order valence-corrected chi connectivity index (χ3v) is 3.09. The lowest BCUT2D eigenvalue weighted by molar-refractivity contribution is 0.472. The third kappa shape index (κ3) is 2.48. The molecular formula is C14H12N4O3. The molecule has 106 valence electrons. The minimum atomic E-state index is -0.369. The lowest BCUT2D eigenvalue weighted by Gasteiger charge is -2.08. The van der Waals surface area contributed by atoms with Crippen LogP contribution in [-0.2, 0) is 6.54 Å². The molecule has 0 unspecified atom stereocenters. The van der Waals surface area contributed by atoms with E-state index in [1.165, 1.54) is 12.3 Å². The fraction of sp³-hybridized carbons (Fsp3) is 0.0714. The predicted octanol–water partition coefficient (Wildman–Crippen LogP) is 0.929. The monoisotopic (exact) mass is 284 g/mol. The number of hydrogen-bond donors (Lipinski definition) is 4. The van der Waals surface area contributed by atoms with Crippen LogP contribution in [0.1, 0.15) is 5.69 Å². The van der Waals surface area contributed by atoms with E-state index in [1.54, 1.807) is 24.3 Å². The van der Waals surface area contributed by atoms with E-state index in [1.807, 2.05) is 0 Å². The highest BCUT2D eigenvalue weighted by Crippen LogP contribution is 2.17. The third-order valence-electron chi connectivity index (χ3n) is 3.09. The van der Waals surface area contributed by atoms with E-state index < -0.39 is 0 Å². The van der Waals surface area contributed by atoms with Gasteiger partial charge in [0.2, 0.25) is 0 Å².